The molecule has 0 radical (unpaired) electrons. The van der Waals surface area contributed by atoms with Crippen LogP contribution in [0.15, 0.2) is 4.74 Å². The lowest BCUT2D eigenvalue weighted by atomic mass is 10.5. The largest absolute Gasteiger partial charge is 0.261 e. The molecule has 0 heterocycles. The van der Waals surface area contributed by atoms with Gasteiger partial charge in [0.05, 0.1) is 0 Å². The van der Waals surface area contributed by atoms with Crippen molar-refractivity contribution in [2.45, 2.75) is 13.3 Å². The number of nitrogens with zero attached hydrogens (tertiary/aromatic N) is 1. The maximum Gasteiger partial charge on any atom is 0.224 e. The van der Waals surface area contributed by atoms with E-state index in [0.29, 0.717) is 6.54 Å². The minimum atomic E-state index is -2.39. The first-order valence-electron chi connectivity index (χ1n) is 2.23. The molecule has 50 valence electrons. The van der Waals surface area contributed by atoms with Gasteiger partial charge in [0.25, 0.3) is 0 Å². The molecule has 0 unspecified atom stereocenters. The maximum absolute atomic E-state index is 5.39. The first-order chi connectivity index (χ1) is 3.56. The average molecular weight is 194 g/mol. The highest BCUT2D eigenvalue weighted by Gasteiger charge is 2.01. The Kier molecular flexibility index (Phi) is 4.55. The van der Waals surface area contributed by atoms with Gasteiger partial charge in [-0.25, -0.2) is 0 Å². The minimum absolute atomic E-state index is 0.657. The fraction of sp³-hybridized carbons (Fsp3) is 1.00. The summed E-state index contributed by atoms with van der Waals surface area (Å²) in [6.07, 6.45) is 0.938. The highest BCUT2D eigenvalue weighted by Crippen LogP contribution is 2.64. The topological polar surface area (TPSA) is 12.4 Å². The van der Waals surface area contributed by atoms with E-state index < -0.39 is 5.11 Å². The van der Waals surface area contributed by atoms with Crippen LogP contribution in [0, 0.1) is 0 Å². The fourth-order valence-corrected chi connectivity index (χ4v) is 1.32. The van der Waals surface area contributed by atoms with E-state index in [1.807, 2.05) is 6.92 Å². The Bertz CT molecular complexity index is 98.8. The molecule has 0 N–H and O–H groups in total. The van der Waals surface area contributed by atoms with Crippen LogP contribution in [0.5, 0.6) is 0 Å². The van der Waals surface area contributed by atoms with Gasteiger partial charge >= 0.3 is 0 Å². The van der Waals surface area contributed by atoms with Crippen LogP contribution in [0.1, 0.15) is 13.3 Å². The van der Waals surface area contributed by atoms with Gasteiger partial charge in [0, 0.05) is 6.54 Å². The van der Waals surface area contributed by atoms with Gasteiger partial charge in [-0.15, -0.1) is 0 Å². The molecule has 0 atom stereocenters. The minimum Gasteiger partial charge on any atom is -0.261 e. The molecular weight excluding hydrogens is 187 g/mol. The molecule has 0 aromatic carbocycles. The zero-order chi connectivity index (χ0) is 6.62. The van der Waals surface area contributed by atoms with Crippen molar-refractivity contribution in [3.05, 3.63) is 0 Å². The quantitative estimate of drug-likeness (QED) is 0.588. The summed E-state index contributed by atoms with van der Waals surface area (Å²) >= 11 is 16.2. The van der Waals surface area contributed by atoms with Crippen molar-refractivity contribution in [2.24, 2.45) is 4.74 Å². The predicted octanol–water partition coefficient (Wildman–Crippen LogP) is 4.06. The van der Waals surface area contributed by atoms with E-state index >= 15 is 0 Å². The Labute approximate surface area is 63.7 Å². The zero-order valence-electron chi connectivity index (χ0n) is 4.44. The molecule has 0 spiro atoms. The van der Waals surface area contributed by atoms with E-state index in [9.17, 15) is 0 Å². The second kappa shape index (κ2) is 4.00. The van der Waals surface area contributed by atoms with Crippen LogP contribution < -0.4 is 0 Å². The third kappa shape index (κ3) is 7.10. The molecular formula is C3H7Cl3NP. The summed E-state index contributed by atoms with van der Waals surface area (Å²) in [5.41, 5.74) is 0. The maximum atomic E-state index is 5.39. The molecule has 0 amide bonds. The summed E-state index contributed by atoms with van der Waals surface area (Å²) in [7, 11) is 0. The molecule has 0 aliphatic carbocycles. The van der Waals surface area contributed by atoms with Gasteiger partial charge < -0.3 is 0 Å². The monoisotopic (exact) mass is 193 g/mol. The lowest BCUT2D eigenvalue weighted by molar-refractivity contribution is 0.945. The lowest BCUT2D eigenvalue weighted by Crippen LogP contribution is -1.67. The summed E-state index contributed by atoms with van der Waals surface area (Å²) in [5.74, 6) is 0. The first kappa shape index (κ1) is 9.10. The van der Waals surface area contributed by atoms with Crippen LogP contribution in [0.4, 0.5) is 0 Å². The van der Waals surface area contributed by atoms with E-state index in [1.165, 1.54) is 0 Å². The van der Waals surface area contributed by atoms with Crippen molar-refractivity contribution in [3.63, 3.8) is 0 Å². The molecule has 0 aliphatic rings. The Balaban J connectivity index is 3.58. The van der Waals surface area contributed by atoms with E-state index in [0.717, 1.165) is 6.42 Å². The Hall–Kier alpha value is 1.10. The number of hydrogen-bond donors (Lipinski definition) is 0. The van der Waals surface area contributed by atoms with Crippen LogP contribution in [0.25, 0.3) is 0 Å². The van der Waals surface area contributed by atoms with Crippen molar-refractivity contribution < 1.29 is 0 Å². The van der Waals surface area contributed by atoms with Crippen LogP contribution in [0.2, 0.25) is 0 Å². The molecule has 0 saturated heterocycles. The standard InChI is InChI=1S/C3H7Cl3NP/c1-2-3-7-8(4,5)6/h2-3H2,1H3. The van der Waals surface area contributed by atoms with Crippen LogP contribution in [-0.4, -0.2) is 6.54 Å². The molecule has 0 saturated carbocycles. The SMILES string of the molecule is CCCN=P(Cl)(Cl)Cl. The smallest absolute Gasteiger partial charge is 0.224 e. The number of rotatable bonds is 2. The summed E-state index contributed by atoms with van der Waals surface area (Å²) in [5, 5.41) is -2.39. The second-order valence-electron chi connectivity index (χ2n) is 1.28. The van der Waals surface area contributed by atoms with Crippen LogP contribution >= 0.6 is 38.8 Å². The van der Waals surface area contributed by atoms with Crippen molar-refractivity contribution in [2.75, 3.05) is 6.54 Å². The van der Waals surface area contributed by atoms with Gasteiger partial charge in [0.2, 0.25) is 5.11 Å². The Morgan fingerprint density at radius 1 is 1.38 bits per heavy atom. The van der Waals surface area contributed by atoms with E-state index in [1.54, 1.807) is 0 Å². The fourth-order valence-electron chi connectivity index (χ4n) is 0.213. The Morgan fingerprint density at radius 3 is 2.00 bits per heavy atom. The normalized spacial score (nSPS) is 11.5. The molecule has 1 nitrogen and oxygen atoms in total. The molecule has 0 aromatic rings. The van der Waals surface area contributed by atoms with Crippen LogP contribution in [0.3, 0.4) is 0 Å². The van der Waals surface area contributed by atoms with E-state index in [4.69, 9.17) is 33.7 Å². The average Bonchev–Trinajstić information content (AvgIpc) is 1.59. The molecule has 8 heavy (non-hydrogen) atoms. The number of hydrogen-bond acceptors (Lipinski definition) is 1. The zero-order valence-corrected chi connectivity index (χ0v) is 7.60. The molecule has 0 aliphatic heterocycles. The van der Waals surface area contributed by atoms with Crippen LogP contribution in [-0.2, 0) is 0 Å². The van der Waals surface area contributed by atoms with Gasteiger partial charge in [0.15, 0.2) is 0 Å². The molecule has 0 aromatic heterocycles. The van der Waals surface area contributed by atoms with Gasteiger partial charge in [0.1, 0.15) is 0 Å². The highest BCUT2D eigenvalue weighted by molar-refractivity contribution is 8.26. The summed E-state index contributed by atoms with van der Waals surface area (Å²) in [4.78, 5) is 0. The Morgan fingerprint density at radius 2 is 1.88 bits per heavy atom. The van der Waals surface area contributed by atoms with E-state index in [2.05, 4.69) is 4.74 Å². The van der Waals surface area contributed by atoms with E-state index in [-0.39, 0.29) is 0 Å². The predicted molar refractivity (Wildman–Crippen MR) is 42.1 cm³/mol. The highest BCUT2D eigenvalue weighted by atomic mass is 36.0. The molecule has 0 fully saturated rings. The van der Waals surface area contributed by atoms with Gasteiger partial charge in [-0.3, -0.25) is 4.74 Å². The summed E-state index contributed by atoms with van der Waals surface area (Å²) < 4.78 is 3.78. The van der Waals surface area contributed by atoms with Crippen molar-refractivity contribution in [3.8, 4) is 0 Å². The van der Waals surface area contributed by atoms with Gasteiger partial charge in [-0.05, 0) is 40.1 Å². The molecule has 5 heteroatoms. The summed E-state index contributed by atoms with van der Waals surface area (Å²) in [6, 6.07) is 0. The van der Waals surface area contributed by atoms with Crippen molar-refractivity contribution in [1.82, 2.24) is 0 Å². The molecule has 0 bridgehead atoms. The summed E-state index contributed by atoms with van der Waals surface area (Å²) in [6.45, 7) is 2.65. The number of halogens is 3. The molecule has 0 rings (SSSR count). The third-order valence-electron chi connectivity index (χ3n) is 0.484. The van der Waals surface area contributed by atoms with Crippen molar-refractivity contribution in [1.29, 1.82) is 0 Å². The third-order valence-corrected chi connectivity index (χ3v) is 1.97. The van der Waals surface area contributed by atoms with Gasteiger partial charge in [-0.2, -0.15) is 0 Å². The second-order valence-corrected chi connectivity index (χ2v) is 8.36. The first-order valence-corrected chi connectivity index (χ1v) is 6.69. The van der Waals surface area contributed by atoms with Crippen molar-refractivity contribution >= 4 is 38.8 Å². The van der Waals surface area contributed by atoms with Gasteiger partial charge in [-0.1, -0.05) is 6.92 Å². The lowest BCUT2D eigenvalue weighted by Gasteiger charge is -1.93.